The fourth-order valence-electron chi connectivity index (χ4n) is 3.36. The van der Waals surface area contributed by atoms with Crippen molar-refractivity contribution in [1.29, 1.82) is 0 Å². The Morgan fingerprint density at radius 1 is 1.15 bits per heavy atom. The minimum Gasteiger partial charge on any atom is -0.492 e. The van der Waals surface area contributed by atoms with Crippen molar-refractivity contribution in [2.45, 2.75) is 19.1 Å². The molecule has 0 N–H and O–H groups in total. The van der Waals surface area contributed by atoms with Crippen molar-refractivity contribution in [1.82, 2.24) is 0 Å². The SMILES string of the molecule is Cc1ccc(OCCN2C(=O)C3(OCCCO3)c3cccc(Cl)c32)cc1. The molecule has 1 fully saturated rings. The Hall–Kier alpha value is -2.08. The van der Waals surface area contributed by atoms with Crippen LogP contribution in [-0.2, 0) is 20.1 Å². The molecule has 0 saturated carbocycles. The Bertz CT molecular complexity index is 815. The monoisotopic (exact) mass is 373 g/mol. The van der Waals surface area contributed by atoms with Gasteiger partial charge in [0.25, 0.3) is 11.7 Å². The van der Waals surface area contributed by atoms with E-state index < -0.39 is 5.79 Å². The number of halogens is 1. The fraction of sp³-hybridized carbons (Fsp3) is 0.350. The van der Waals surface area contributed by atoms with E-state index in [2.05, 4.69) is 0 Å². The highest BCUT2D eigenvalue weighted by Gasteiger charge is 2.55. The third kappa shape index (κ3) is 2.86. The zero-order chi connectivity index (χ0) is 18.1. The molecule has 2 aliphatic heterocycles. The van der Waals surface area contributed by atoms with Crippen LogP contribution in [0.15, 0.2) is 42.5 Å². The summed E-state index contributed by atoms with van der Waals surface area (Å²) in [6, 6.07) is 13.2. The molecule has 0 aromatic heterocycles. The smallest absolute Gasteiger partial charge is 0.292 e. The second kappa shape index (κ2) is 6.91. The molecule has 0 unspecified atom stereocenters. The lowest BCUT2D eigenvalue weighted by Gasteiger charge is -2.32. The lowest BCUT2D eigenvalue weighted by atomic mass is 10.1. The number of amides is 1. The highest BCUT2D eigenvalue weighted by atomic mass is 35.5. The quantitative estimate of drug-likeness (QED) is 0.820. The van der Waals surface area contributed by atoms with E-state index in [4.69, 9.17) is 25.8 Å². The number of aryl methyl sites for hydroxylation is 1. The van der Waals surface area contributed by atoms with E-state index in [0.29, 0.717) is 42.6 Å². The van der Waals surface area contributed by atoms with Crippen LogP contribution in [0.4, 0.5) is 5.69 Å². The van der Waals surface area contributed by atoms with E-state index in [-0.39, 0.29) is 5.91 Å². The summed E-state index contributed by atoms with van der Waals surface area (Å²) in [5.41, 5.74) is 2.49. The summed E-state index contributed by atoms with van der Waals surface area (Å²) in [6.45, 7) is 3.68. The molecule has 2 aromatic carbocycles. The first kappa shape index (κ1) is 17.3. The van der Waals surface area contributed by atoms with Crippen LogP contribution in [0.2, 0.25) is 5.02 Å². The van der Waals surface area contributed by atoms with Gasteiger partial charge < -0.3 is 19.1 Å². The largest absolute Gasteiger partial charge is 0.492 e. The number of fused-ring (bicyclic) bond motifs is 2. The molecule has 2 aromatic rings. The van der Waals surface area contributed by atoms with Crippen LogP contribution >= 0.6 is 11.6 Å². The normalized spacial score (nSPS) is 18.2. The van der Waals surface area contributed by atoms with E-state index >= 15 is 0 Å². The molecule has 1 spiro atoms. The zero-order valence-electron chi connectivity index (χ0n) is 14.5. The van der Waals surface area contributed by atoms with E-state index in [9.17, 15) is 4.79 Å². The number of hydrogen-bond acceptors (Lipinski definition) is 4. The van der Waals surface area contributed by atoms with Gasteiger partial charge in [-0.2, -0.15) is 0 Å². The van der Waals surface area contributed by atoms with Gasteiger partial charge in [0, 0.05) is 5.56 Å². The maximum Gasteiger partial charge on any atom is 0.292 e. The van der Waals surface area contributed by atoms with E-state index in [1.807, 2.05) is 43.3 Å². The van der Waals surface area contributed by atoms with Crippen LogP contribution in [0.1, 0.15) is 17.5 Å². The minimum absolute atomic E-state index is 0.243. The van der Waals surface area contributed by atoms with Gasteiger partial charge in [0.15, 0.2) is 0 Å². The number of anilines is 1. The maximum atomic E-state index is 13.1. The van der Waals surface area contributed by atoms with Crippen LogP contribution in [0.25, 0.3) is 0 Å². The fourth-order valence-corrected chi connectivity index (χ4v) is 3.64. The van der Waals surface area contributed by atoms with Crippen molar-refractivity contribution < 1.29 is 19.0 Å². The lowest BCUT2D eigenvalue weighted by Crippen LogP contribution is -2.48. The lowest BCUT2D eigenvalue weighted by molar-refractivity contribution is -0.256. The molecule has 0 bridgehead atoms. The topological polar surface area (TPSA) is 48.0 Å². The summed E-state index contributed by atoms with van der Waals surface area (Å²) in [6.07, 6.45) is 0.765. The molecule has 1 amide bonds. The van der Waals surface area contributed by atoms with Gasteiger partial charge >= 0.3 is 0 Å². The highest BCUT2D eigenvalue weighted by Crippen LogP contribution is 2.48. The second-order valence-electron chi connectivity index (χ2n) is 6.42. The van der Waals surface area contributed by atoms with Crippen molar-refractivity contribution in [2.24, 2.45) is 0 Å². The maximum absolute atomic E-state index is 13.1. The van der Waals surface area contributed by atoms with E-state index in [1.54, 1.807) is 11.0 Å². The van der Waals surface area contributed by atoms with E-state index in [0.717, 1.165) is 12.2 Å². The predicted octanol–water partition coefficient (Wildman–Crippen LogP) is 3.66. The minimum atomic E-state index is -1.37. The van der Waals surface area contributed by atoms with Gasteiger partial charge in [-0.05, 0) is 31.5 Å². The number of hydrogen-bond donors (Lipinski definition) is 0. The zero-order valence-corrected chi connectivity index (χ0v) is 15.3. The first-order chi connectivity index (χ1) is 12.6. The van der Waals surface area contributed by atoms with Crippen LogP contribution in [0, 0.1) is 6.92 Å². The molecule has 5 nitrogen and oxygen atoms in total. The predicted molar refractivity (Wildman–Crippen MR) is 98.7 cm³/mol. The summed E-state index contributed by atoms with van der Waals surface area (Å²) in [4.78, 5) is 14.7. The number of para-hydroxylation sites is 1. The number of rotatable bonds is 4. The molecule has 2 heterocycles. The average molecular weight is 374 g/mol. The van der Waals surface area contributed by atoms with Gasteiger partial charge in [-0.1, -0.05) is 41.4 Å². The van der Waals surface area contributed by atoms with Crippen molar-refractivity contribution in [3.05, 3.63) is 58.6 Å². The second-order valence-corrected chi connectivity index (χ2v) is 6.83. The summed E-state index contributed by atoms with van der Waals surface area (Å²) >= 11 is 6.40. The van der Waals surface area contributed by atoms with Gasteiger partial charge in [0.1, 0.15) is 12.4 Å². The third-order valence-electron chi connectivity index (χ3n) is 4.64. The molecule has 6 heteroatoms. The summed E-state index contributed by atoms with van der Waals surface area (Å²) in [7, 11) is 0. The number of carbonyl (C=O) groups excluding carboxylic acids is 1. The number of ether oxygens (including phenoxy) is 3. The first-order valence-corrected chi connectivity index (χ1v) is 9.08. The molecule has 136 valence electrons. The third-order valence-corrected chi connectivity index (χ3v) is 4.95. The van der Waals surface area contributed by atoms with Crippen molar-refractivity contribution in [3.8, 4) is 5.75 Å². The summed E-state index contributed by atoms with van der Waals surface area (Å²) in [5.74, 6) is -0.850. The van der Waals surface area contributed by atoms with E-state index in [1.165, 1.54) is 5.56 Å². The van der Waals surface area contributed by atoms with Crippen molar-refractivity contribution in [2.75, 3.05) is 31.3 Å². The molecule has 0 radical (unpaired) electrons. The molecule has 0 aliphatic carbocycles. The Kier molecular flexibility index (Phi) is 4.61. The molecule has 1 saturated heterocycles. The van der Waals surface area contributed by atoms with Gasteiger partial charge in [-0.15, -0.1) is 0 Å². The van der Waals surface area contributed by atoms with Gasteiger partial charge in [0.05, 0.1) is 30.5 Å². The number of nitrogens with zero attached hydrogens (tertiary/aromatic N) is 1. The van der Waals surface area contributed by atoms with Crippen LogP contribution in [0.3, 0.4) is 0 Å². The number of benzene rings is 2. The molecular formula is C20H20ClNO4. The highest BCUT2D eigenvalue weighted by molar-refractivity contribution is 6.35. The van der Waals surface area contributed by atoms with Crippen LogP contribution in [-0.4, -0.2) is 32.3 Å². The van der Waals surface area contributed by atoms with Crippen LogP contribution < -0.4 is 9.64 Å². The Morgan fingerprint density at radius 2 is 1.88 bits per heavy atom. The Balaban J connectivity index is 1.56. The Labute approximate surface area is 157 Å². The Morgan fingerprint density at radius 3 is 2.62 bits per heavy atom. The molecule has 0 atom stereocenters. The molecular weight excluding hydrogens is 354 g/mol. The summed E-state index contributed by atoms with van der Waals surface area (Å²) < 4.78 is 17.4. The molecule has 2 aliphatic rings. The number of carbonyl (C=O) groups is 1. The first-order valence-electron chi connectivity index (χ1n) is 8.70. The van der Waals surface area contributed by atoms with Gasteiger partial charge in [-0.25, -0.2) is 0 Å². The molecule has 4 rings (SSSR count). The summed E-state index contributed by atoms with van der Waals surface area (Å²) in [5, 5.41) is 0.501. The van der Waals surface area contributed by atoms with Crippen molar-refractivity contribution >= 4 is 23.2 Å². The van der Waals surface area contributed by atoms with Crippen molar-refractivity contribution in [3.63, 3.8) is 0 Å². The van der Waals surface area contributed by atoms with Gasteiger partial charge in [0.2, 0.25) is 0 Å². The van der Waals surface area contributed by atoms with Crippen LogP contribution in [0.5, 0.6) is 5.75 Å². The molecule has 26 heavy (non-hydrogen) atoms. The standard InChI is InChI=1S/C20H20ClNO4/c1-14-6-8-15(9-7-14)24-13-10-22-18-16(4-2-5-17(18)21)20(19(22)23)25-11-3-12-26-20/h2,4-9H,3,10-13H2,1H3. The average Bonchev–Trinajstić information content (AvgIpc) is 2.88. The van der Waals surface area contributed by atoms with Gasteiger partial charge in [-0.3, -0.25) is 4.79 Å².